The Hall–Kier alpha value is -1.84. The molecule has 0 bridgehead atoms. The highest BCUT2D eigenvalue weighted by Gasteiger charge is 2.25. The maximum absolute atomic E-state index is 3.47. The van der Waals surface area contributed by atoms with Gasteiger partial charge >= 0.3 is 0 Å². The molecule has 0 saturated carbocycles. The fourth-order valence-corrected chi connectivity index (χ4v) is 3.54. The minimum absolute atomic E-state index is 0.336. The highest BCUT2D eigenvalue weighted by molar-refractivity contribution is 5.48. The first kappa shape index (κ1) is 17.0. The molecule has 1 N–H and O–H groups in total. The van der Waals surface area contributed by atoms with E-state index in [0.717, 1.165) is 26.2 Å². The molecule has 1 unspecified atom stereocenters. The molecule has 1 aliphatic rings. The maximum atomic E-state index is 3.47. The zero-order valence-corrected chi connectivity index (χ0v) is 15.3. The van der Waals surface area contributed by atoms with Crippen molar-refractivity contribution in [3.8, 4) is 0 Å². The summed E-state index contributed by atoms with van der Waals surface area (Å²) in [6, 6.07) is 16.2. The van der Waals surface area contributed by atoms with Crippen LogP contribution in [0.3, 0.4) is 0 Å². The normalized spacial score (nSPS) is 16.8. The Morgan fingerprint density at radius 2 is 1.62 bits per heavy atom. The van der Waals surface area contributed by atoms with Gasteiger partial charge in [-0.2, -0.15) is 0 Å². The molecule has 0 spiro atoms. The Morgan fingerprint density at radius 3 is 2.25 bits per heavy atom. The smallest absolute Gasteiger partial charge is 0.0605 e. The molecule has 2 aromatic carbocycles. The van der Waals surface area contributed by atoms with Gasteiger partial charge in [-0.1, -0.05) is 35.9 Å². The molecule has 24 heavy (non-hydrogen) atoms. The number of rotatable bonds is 4. The Kier molecular flexibility index (Phi) is 5.22. The average molecular weight is 323 g/mol. The maximum Gasteiger partial charge on any atom is 0.0605 e. The lowest BCUT2D eigenvalue weighted by Crippen LogP contribution is -2.45. The van der Waals surface area contributed by atoms with Crippen molar-refractivity contribution >= 4 is 5.69 Å². The van der Waals surface area contributed by atoms with E-state index in [4.69, 9.17) is 0 Å². The summed E-state index contributed by atoms with van der Waals surface area (Å²) in [7, 11) is 4.18. The number of hydrogen-bond acceptors (Lipinski definition) is 3. The number of nitrogens with zero attached hydrogens (tertiary/aromatic N) is 2. The van der Waals surface area contributed by atoms with Crippen LogP contribution in [0.2, 0.25) is 0 Å². The molecule has 1 atom stereocenters. The van der Waals surface area contributed by atoms with Crippen molar-refractivity contribution in [2.45, 2.75) is 19.9 Å². The van der Waals surface area contributed by atoms with E-state index >= 15 is 0 Å². The number of nitrogens with one attached hydrogen (secondary N) is 1. The molecule has 0 radical (unpaired) electrons. The monoisotopic (exact) mass is 323 g/mol. The van der Waals surface area contributed by atoms with Gasteiger partial charge in [0.05, 0.1) is 6.04 Å². The van der Waals surface area contributed by atoms with E-state index in [1.165, 1.54) is 27.9 Å². The molecular formula is C21H29N3. The quantitative estimate of drug-likeness (QED) is 0.931. The number of aryl methyl sites for hydroxylation is 2. The van der Waals surface area contributed by atoms with Gasteiger partial charge in [0.25, 0.3) is 0 Å². The summed E-state index contributed by atoms with van der Waals surface area (Å²) >= 11 is 0. The van der Waals surface area contributed by atoms with Crippen molar-refractivity contribution in [1.82, 2.24) is 10.2 Å². The Balaban J connectivity index is 2.02. The van der Waals surface area contributed by atoms with E-state index in [9.17, 15) is 0 Å². The van der Waals surface area contributed by atoms with Crippen molar-refractivity contribution in [1.29, 1.82) is 0 Å². The number of hydrogen-bond donors (Lipinski definition) is 1. The molecule has 0 amide bonds. The van der Waals surface area contributed by atoms with Crippen LogP contribution in [0.5, 0.6) is 0 Å². The highest BCUT2D eigenvalue weighted by atomic mass is 15.2. The predicted octanol–water partition coefficient (Wildman–Crippen LogP) is 3.36. The molecule has 1 aliphatic heterocycles. The standard InChI is InChI=1S/C21H29N3/c1-16-5-6-17(2)20(15-16)21(24-13-11-22-12-14-24)18-7-9-19(10-8-18)23(3)4/h5-10,15,21-22H,11-14H2,1-4H3. The number of anilines is 1. The van der Waals surface area contributed by atoms with Crippen LogP contribution in [0.25, 0.3) is 0 Å². The summed E-state index contributed by atoms with van der Waals surface area (Å²) in [5, 5.41) is 3.47. The first-order valence-electron chi connectivity index (χ1n) is 8.85. The van der Waals surface area contributed by atoms with Gasteiger partial charge in [0.15, 0.2) is 0 Å². The van der Waals surface area contributed by atoms with Crippen molar-refractivity contribution < 1.29 is 0 Å². The fourth-order valence-electron chi connectivity index (χ4n) is 3.54. The van der Waals surface area contributed by atoms with Crippen LogP contribution >= 0.6 is 0 Å². The third-order valence-corrected chi connectivity index (χ3v) is 4.97. The summed E-state index contributed by atoms with van der Waals surface area (Å²) < 4.78 is 0. The lowest BCUT2D eigenvalue weighted by Gasteiger charge is -2.36. The summed E-state index contributed by atoms with van der Waals surface area (Å²) in [6.07, 6.45) is 0. The van der Waals surface area contributed by atoms with E-state index in [0.29, 0.717) is 6.04 Å². The highest BCUT2D eigenvalue weighted by Crippen LogP contribution is 2.32. The fraction of sp³-hybridized carbons (Fsp3) is 0.429. The lowest BCUT2D eigenvalue weighted by molar-refractivity contribution is 0.198. The molecule has 1 saturated heterocycles. The van der Waals surface area contributed by atoms with Gasteiger partial charge in [-0.25, -0.2) is 0 Å². The van der Waals surface area contributed by atoms with Crippen molar-refractivity contribution in [3.63, 3.8) is 0 Å². The van der Waals surface area contributed by atoms with Gasteiger partial charge in [-0.15, -0.1) is 0 Å². The van der Waals surface area contributed by atoms with E-state index in [2.05, 4.69) is 85.5 Å². The number of benzene rings is 2. The molecule has 1 fully saturated rings. The minimum Gasteiger partial charge on any atom is -0.378 e. The van der Waals surface area contributed by atoms with Crippen LogP contribution in [-0.2, 0) is 0 Å². The summed E-state index contributed by atoms with van der Waals surface area (Å²) in [4.78, 5) is 4.77. The first-order chi connectivity index (χ1) is 11.6. The topological polar surface area (TPSA) is 18.5 Å². The van der Waals surface area contributed by atoms with Crippen LogP contribution in [-0.4, -0.2) is 45.2 Å². The first-order valence-corrected chi connectivity index (χ1v) is 8.85. The van der Waals surface area contributed by atoms with Gasteiger partial charge in [-0.05, 0) is 42.7 Å². The zero-order chi connectivity index (χ0) is 17.1. The second kappa shape index (κ2) is 7.37. The summed E-state index contributed by atoms with van der Waals surface area (Å²) in [5.41, 5.74) is 6.78. The third kappa shape index (κ3) is 3.63. The Labute approximate surface area is 146 Å². The molecule has 3 nitrogen and oxygen atoms in total. The van der Waals surface area contributed by atoms with E-state index < -0.39 is 0 Å². The lowest BCUT2D eigenvalue weighted by atomic mass is 9.91. The van der Waals surface area contributed by atoms with Gasteiger partial charge in [0.1, 0.15) is 0 Å². The molecule has 0 aliphatic carbocycles. The van der Waals surface area contributed by atoms with Crippen LogP contribution in [0.15, 0.2) is 42.5 Å². The predicted molar refractivity (Wildman–Crippen MR) is 103 cm³/mol. The van der Waals surface area contributed by atoms with Crippen LogP contribution in [0, 0.1) is 13.8 Å². The van der Waals surface area contributed by atoms with Crippen LogP contribution in [0.1, 0.15) is 28.3 Å². The van der Waals surface area contributed by atoms with Crippen molar-refractivity contribution in [3.05, 3.63) is 64.7 Å². The van der Waals surface area contributed by atoms with E-state index in [1.54, 1.807) is 0 Å². The van der Waals surface area contributed by atoms with Gasteiger partial charge < -0.3 is 10.2 Å². The van der Waals surface area contributed by atoms with Gasteiger partial charge in [0, 0.05) is 46.0 Å². The summed E-state index contributed by atoms with van der Waals surface area (Å²) in [6.45, 7) is 8.74. The largest absolute Gasteiger partial charge is 0.378 e. The van der Waals surface area contributed by atoms with Crippen molar-refractivity contribution in [2.24, 2.45) is 0 Å². The second-order valence-corrected chi connectivity index (χ2v) is 7.03. The molecule has 3 heteroatoms. The average Bonchev–Trinajstić information content (AvgIpc) is 2.60. The van der Waals surface area contributed by atoms with Crippen molar-refractivity contribution in [2.75, 3.05) is 45.2 Å². The second-order valence-electron chi connectivity index (χ2n) is 7.03. The molecule has 0 aromatic heterocycles. The Bertz CT molecular complexity index is 670. The summed E-state index contributed by atoms with van der Waals surface area (Å²) in [5.74, 6) is 0. The molecule has 128 valence electrons. The number of piperazine rings is 1. The zero-order valence-electron chi connectivity index (χ0n) is 15.3. The molecule has 1 heterocycles. The van der Waals surface area contributed by atoms with Gasteiger partial charge in [-0.3, -0.25) is 4.90 Å². The van der Waals surface area contributed by atoms with Crippen LogP contribution in [0.4, 0.5) is 5.69 Å². The molecule has 3 rings (SSSR count). The minimum atomic E-state index is 0.336. The molecular weight excluding hydrogens is 294 g/mol. The van der Waals surface area contributed by atoms with E-state index in [-0.39, 0.29) is 0 Å². The van der Waals surface area contributed by atoms with E-state index in [1.807, 2.05) is 0 Å². The van der Waals surface area contributed by atoms with Gasteiger partial charge in [0.2, 0.25) is 0 Å². The van der Waals surface area contributed by atoms with Crippen LogP contribution < -0.4 is 10.2 Å². The SMILES string of the molecule is Cc1ccc(C)c(C(c2ccc(N(C)C)cc2)N2CCNCC2)c1. The Morgan fingerprint density at radius 1 is 0.958 bits per heavy atom. The third-order valence-electron chi connectivity index (χ3n) is 4.97. The molecule has 2 aromatic rings.